The van der Waals surface area contributed by atoms with E-state index in [1.165, 1.54) is 18.5 Å². The molecule has 202 valence electrons. The van der Waals surface area contributed by atoms with Gasteiger partial charge in [-0.05, 0) is 42.5 Å². The molecule has 4 rings (SSSR count). The maximum Gasteiger partial charge on any atom is 0.416 e. The van der Waals surface area contributed by atoms with Crippen LogP contribution in [-0.2, 0) is 17.5 Å². The third kappa shape index (κ3) is 7.55. The summed E-state index contributed by atoms with van der Waals surface area (Å²) in [5, 5.41) is 3.49. The Morgan fingerprint density at radius 1 is 1.03 bits per heavy atom. The van der Waals surface area contributed by atoms with Crippen LogP contribution in [0.3, 0.4) is 0 Å². The van der Waals surface area contributed by atoms with E-state index in [1.807, 2.05) is 28.6 Å². The van der Waals surface area contributed by atoms with Gasteiger partial charge in [-0.25, -0.2) is 9.97 Å². The topological polar surface area (TPSA) is 61.2 Å². The van der Waals surface area contributed by atoms with Crippen molar-refractivity contribution < 1.29 is 22.6 Å². The van der Waals surface area contributed by atoms with Crippen molar-refractivity contribution in [3.8, 4) is 11.5 Å². The van der Waals surface area contributed by atoms with Crippen molar-refractivity contribution in [2.75, 3.05) is 24.3 Å². The van der Waals surface area contributed by atoms with E-state index in [-0.39, 0.29) is 21.3 Å². The Labute approximate surface area is 228 Å². The highest BCUT2D eigenvalue weighted by Crippen LogP contribution is 2.36. The highest BCUT2D eigenvalue weighted by Gasteiger charge is 2.30. The van der Waals surface area contributed by atoms with Crippen molar-refractivity contribution in [1.29, 1.82) is 0 Å². The lowest BCUT2D eigenvalue weighted by Crippen LogP contribution is -2.12. The molecule has 6 nitrogen and oxygen atoms in total. The molecule has 2 heterocycles. The van der Waals surface area contributed by atoms with Gasteiger partial charge in [0.1, 0.15) is 23.3 Å². The summed E-state index contributed by atoms with van der Waals surface area (Å²) >= 11 is 8.26. The molecule has 2 aromatic carbocycles. The largest absolute Gasteiger partial charge is 0.456 e. The van der Waals surface area contributed by atoms with Crippen molar-refractivity contribution in [3.05, 3.63) is 71.6 Å². The molecule has 4 aromatic rings. The van der Waals surface area contributed by atoms with Crippen LogP contribution in [-0.4, -0.2) is 38.2 Å². The number of rotatable bonds is 10. The Morgan fingerprint density at radius 3 is 2.58 bits per heavy atom. The Hall–Kier alpha value is -2.95. The van der Waals surface area contributed by atoms with Crippen LogP contribution in [0, 0.1) is 0 Å². The molecule has 0 unspecified atom stereocenters. The van der Waals surface area contributed by atoms with Gasteiger partial charge in [-0.1, -0.05) is 38.4 Å². The van der Waals surface area contributed by atoms with Crippen LogP contribution in [0.4, 0.5) is 24.7 Å². The molecule has 0 saturated carbocycles. The quantitative estimate of drug-likeness (QED) is 0.196. The van der Waals surface area contributed by atoms with Crippen LogP contribution in [0.15, 0.2) is 61.1 Å². The van der Waals surface area contributed by atoms with Crippen LogP contribution in [0.1, 0.15) is 26.3 Å². The zero-order valence-corrected chi connectivity index (χ0v) is 22.8. The van der Waals surface area contributed by atoms with Crippen molar-refractivity contribution >= 4 is 45.9 Å². The third-order valence-corrected chi connectivity index (χ3v) is 6.91. The number of nitrogens with one attached hydrogen (secondary N) is 1. The van der Waals surface area contributed by atoms with Crippen molar-refractivity contribution in [2.45, 2.75) is 38.2 Å². The van der Waals surface area contributed by atoms with Gasteiger partial charge in [0.25, 0.3) is 0 Å². The smallest absolute Gasteiger partial charge is 0.416 e. The summed E-state index contributed by atoms with van der Waals surface area (Å²) in [5.74, 6) is 1.79. The van der Waals surface area contributed by atoms with Crippen molar-refractivity contribution in [1.82, 2.24) is 14.5 Å². The van der Waals surface area contributed by atoms with Crippen molar-refractivity contribution in [3.63, 3.8) is 0 Å². The molecule has 2 aromatic heterocycles. The summed E-state index contributed by atoms with van der Waals surface area (Å²) < 4.78 is 52.7. The molecule has 0 aliphatic heterocycles. The lowest BCUT2D eigenvalue weighted by Gasteiger charge is -2.17. The first-order chi connectivity index (χ1) is 18.0. The Morgan fingerprint density at radius 2 is 1.84 bits per heavy atom. The van der Waals surface area contributed by atoms with E-state index in [2.05, 4.69) is 36.1 Å². The van der Waals surface area contributed by atoms with Crippen LogP contribution < -0.4 is 10.1 Å². The first kappa shape index (κ1) is 28.1. The maximum atomic E-state index is 13.0. The van der Waals surface area contributed by atoms with Crippen LogP contribution >= 0.6 is 23.4 Å². The predicted molar refractivity (Wildman–Crippen MR) is 147 cm³/mol. The molecule has 0 amide bonds. The fourth-order valence-corrected chi connectivity index (χ4v) is 4.68. The second kappa shape index (κ2) is 11.8. The number of hydrogen-bond donors (Lipinski definition) is 1. The highest BCUT2D eigenvalue weighted by molar-refractivity contribution is 8.00. The van der Waals surface area contributed by atoms with Gasteiger partial charge in [0, 0.05) is 28.9 Å². The van der Waals surface area contributed by atoms with E-state index in [0.717, 1.165) is 28.9 Å². The maximum absolute atomic E-state index is 13.0. The van der Waals surface area contributed by atoms with Gasteiger partial charge in [0.05, 0.1) is 29.3 Å². The first-order valence-corrected chi connectivity index (χ1v) is 13.3. The first-order valence-electron chi connectivity index (χ1n) is 11.9. The van der Waals surface area contributed by atoms with Gasteiger partial charge in [-0.3, -0.25) is 0 Å². The molecule has 0 aliphatic rings. The lowest BCUT2D eigenvalue weighted by molar-refractivity contribution is -0.137. The monoisotopic (exact) mass is 564 g/mol. The van der Waals surface area contributed by atoms with Crippen LogP contribution in [0.25, 0.3) is 11.0 Å². The van der Waals surface area contributed by atoms with Gasteiger partial charge in [-0.2, -0.15) is 24.9 Å². The normalized spacial score (nSPS) is 12.2. The summed E-state index contributed by atoms with van der Waals surface area (Å²) in [4.78, 5) is 8.75. The van der Waals surface area contributed by atoms with Crippen LogP contribution in [0.5, 0.6) is 11.5 Å². The lowest BCUT2D eigenvalue weighted by atomic mass is 10.2. The van der Waals surface area contributed by atoms with Gasteiger partial charge < -0.3 is 19.4 Å². The SMILES string of the molecule is CC(C)(C)SCCOCCn1ccc2ncnc(Nc3ccc(Oc4cccc(C(F)(F)F)c4)c(Cl)c3)c21. The number of aromatic nitrogens is 3. The number of alkyl halides is 3. The zero-order valence-electron chi connectivity index (χ0n) is 21.2. The Kier molecular flexibility index (Phi) is 8.74. The second-order valence-corrected chi connectivity index (χ2v) is 11.8. The fourth-order valence-electron chi connectivity index (χ4n) is 3.64. The molecule has 38 heavy (non-hydrogen) atoms. The van der Waals surface area contributed by atoms with Crippen molar-refractivity contribution in [2.24, 2.45) is 0 Å². The van der Waals surface area contributed by atoms with Gasteiger partial charge >= 0.3 is 6.18 Å². The van der Waals surface area contributed by atoms with E-state index >= 15 is 0 Å². The molecular formula is C27H28ClF3N4O2S. The molecule has 1 N–H and O–H groups in total. The Balaban J connectivity index is 1.43. The molecule has 11 heteroatoms. The fraction of sp³-hybridized carbons (Fsp3) is 0.333. The number of hydrogen-bond acceptors (Lipinski definition) is 6. The second-order valence-electron chi connectivity index (χ2n) is 9.44. The minimum absolute atomic E-state index is 0.0389. The summed E-state index contributed by atoms with van der Waals surface area (Å²) in [6, 6.07) is 11.5. The summed E-state index contributed by atoms with van der Waals surface area (Å²) in [7, 11) is 0. The molecule has 0 atom stereocenters. The van der Waals surface area contributed by atoms with Crippen LogP contribution in [0.2, 0.25) is 5.02 Å². The summed E-state index contributed by atoms with van der Waals surface area (Å²) in [6.45, 7) is 8.41. The van der Waals surface area contributed by atoms with Gasteiger partial charge in [0.2, 0.25) is 0 Å². The Bertz CT molecular complexity index is 1390. The molecular weight excluding hydrogens is 537 g/mol. The minimum atomic E-state index is -4.46. The number of nitrogens with zero attached hydrogens (tertiary/aromatic N) is 3. The summed E-state index contributed by atoms with van der Waals surface area (Å²) in [6.07, 6.45) is -1.05. The number of halogens is 4. The highest BCUT2D eigenvalue weighted by atomic mass is 35.5. The molecule has 0 fully saturated rings. The zero-order chi connectivity index (χ0) is 27.3. The van der Waals surface area contributed by atoms with E-state index in [4.69, 9.17) is 21.1 Å². The number of fused-ring (bicyclic) bond motifs is 1. The van der Waals surface area contributed by atoms with E-state index in [0.29, 0.717) is 31.3 Å². The molecule has 0 aliphatic carbocycles. The van der Waals surface area contributed by atoms with Gasteiger partial charge in [-0.15, -0.1) is 0 Å². The molecule has 0 bridgehead atoms. The molecule has 0 saturated heterocycles. The van der Waals surface area contributed by atoms with Gasteiger partial charge in [0.15, 0.2) is 5.82 Å². The van der Waals surface area contributed by atoms with E-state index < -0.39 is 11.7 Å². The van der Waals surface area contributed by atoms with E-state index in [9.17, 15) is 13.2 Å². The standard InChI is InChI=1S/C27H28ClF3N4O2S/c1-26(2,3)38-14-13-36-12-11-35-10-9-22-24(35)25(33-17-32-22)34-19-7-8-23(21(28)16-19)37-20-6-4-5-18(15-20)27(29,30)31/h4-10,15-17H,11-14H2,1-3H3,(H,32,33,34). The molecule has 0 spiro atoms. The number of anilines is 2. The minimum Gasteiger partial charge on any atom is -0.456 e. The number of benzene rings is 2. The van der Waals surface area contributed by atoms with E-state index in [1.54, 1.807) is 18.2 Å². The average Bonchev–Trinajstić information content (AvgIpc) is 3.26. The average molecular weight is 565 g/mol. The molecule has 0 radical (unpaired) electrons. The summed E-state index contributed by atoms with van der Waals surface area (Å²) in [5.41, 5.74) is 1.44. The number of thioether (sulfide) groups is 1. The number of ether oxygens (including phenoxy) is 2. The predicted octanol–water partition coefficient (Wildman–Crippen LogP) is 8.19. The third-order valence-electron chi connectivity index (χ3n) is 5.37.